The Labute approximate surface area is 230 Å². The number of aromatic nitrogens is 1. The summed E-state index contributed by atoms with van der Waals surface area (Å²) in [7, 11) is 4.15. The lowest BCUT2D eigenvalue weighted by atomic mass is 9.91. The Morgan fingerprint density at radius 1 is 1.17 bits per heavy atom. The van der Waals surface area contributed by atoms with Crippen molar-refractivity contribution in [3.63, 3.8) is 0 Å². The van der Waals surface area contributed by atoms with E-state index in [0.29, 0.717) is 0 Å². The topological polar surface area (TPSA) is 65.5 Å². The molecule has 0 spiro atoms. The van der Waals surface area contributed by atoms with Gasteiger partial charge in [0.1, 0.15) is 11.8 Å². The summed E-state index contributed by atoms with van der Waals surface area (Å²) in [5, 5.41) is 16.6. The fraction of sp³-hybridized carbons (Fsp3) is 0.556. The third kappa shape index (κ3) is 7.14. The molecule has 2 aliphatic rings. The molecule has 1 aromatic carbocycles. The number of halogens is 2. The molecule has 0 N–H and O–H groups in total. The standard InChI is InChI=1S/C27H34N4O2S.2ClH/c1-30(2)16-24-26(32-17-20-3-4-20)8-6-23-25(29-33-27(23)24)7-5-19-9-11-31(12-10-19)15-22-13-21(14-28)18-34-22;;/h6,8,13,18-20H,3-5,7,9-12,15-17H2,1-2H3;2*1H. The Kier molecular flexibility index (Phi) is 10.5. The predicted octanol–water partition coefficient (Wildman–Crippen LogP) is 6.30. The maximum absolute atomic E-state index is 9.03. The third-order valence-corrected chi connectivity index (χ3v) is 8.00. The lowest BCUT2D eigenvalue weighted by Gasteiger charge is -2.31. The van der Waals surface area contributed by atoms with Crippen LogP contribution in [0.2, 0.25) is 0 Å². The maximum atomic E-state index is 9.03. The number of ether oxygens (including phenoxy) is 1. The number of fused-ring (bicyclic) bond motifs is 1. The molecule has 3 heterocycles. The second-order valence-electron chi connectivity index (χ2n) is 10.2. The predicted molar refractivity (Wildman–Crippen MR) is 149 cm³/mol. The van der Waals surface area contributed by atoms with Crippen molar-refractivity contribution in [2.24, 2.45) is 11.8 Å². The molecular weight excluding hydrogens is 515 g/mol. The van der Waals surface area contributed by atoms with Gasteiger partial charge in [0.2, 0.25) is 0 Å². The largest absolute Gasteiger partial charge is 0.493 e. The van der Waals surface area contributed by atoms with Gasteiger partial charge < -0.3 is 14.2 Å². The average Bonchev–Trinajstić information content (AvgIpc) is 3.40. The molecule has 2 aromatic heterocycles. The molecule has 9 heteroatoms. The fourth-order valence-electron chi connectivity index (χ4n) is 4.88. The van der Waals surface area contributed by atoms with E-state index >= 15 is 0 Å². The van der Waals surface area contributed by atoms with E-state index in [1.807, 2.05) is 11.4 Å². The van der Waals surface area contributed by atoms with Gasteiger partial charge in [-0.25, -0.2) is 0 Å². The zero-order chi connectivity index (χ0) is 23.5. The van der Waals surface area contributed by atoms with Crippen molar-refractivity contribution in [2.45, 2.75) is 51.6 Å². The van der Waals surface area contributed by atoms with Crippen LogP contribution in [0.15, 0.2) is 28.1 Å². The second kappa shape index (κ2) is 13.1. The molecule has 6 nitrogen and oxygen atoms in total. The number of hydrogen-bond acceptors (Lipinski definition) is 7. The normalized spacial score (nSPS) is 16.5. The van der Waals surface area contributed by atoms with Gasteiger partial charge in [-0.3, -0.25) is 4.90 Å². The van der Waals surface area contributed by atoms with Gasteiger partial charge >= 0.3 is 0 Å². The first-order valence-electron chi connectivity index (χ1n) is 12.5. The molecule has 1 saturated heterocycles. The monoisotopic (exact) mass is 550 g/mol. The Hall–Kier alpha value is -1.82. The minimum Gasteiger partial charge on any atom is -0.493 e. The highest BCUT2D eigenvalue weighted by molar-refractivity contribution is 7.10. The Balaban J connectivity index is 0.00000180. The molecule has 0 bridgehead atoms. The van der Waals surface area contributed by atoms with E-state index in [9.17, 15) is 0 Å². The van der Waals surface area contributed by atoms with Crippen molar-refractivity contribution in [1.29, 1.82) is 5.26 Å². The van der Waals surface area contributed by atoms with Crippen LogP contribution < -0.4 is 4.74 Å². The van der Waals surface area contributed by atoms with E-state index in [2.05, 4.69) is 47.3 Å². The van der Waals surface area contributed by atoms with Crippen molar-refractivity contribution in [1.82, 2.24) is 15.0 Å². The maximum Gasteiger partial charge on any atom is 0.175 e. The second-order valence-corrected chi connectivity index (χ2v) is 11.2. The first-order chi connectivity index (χ1) is 16.6. The number of piperidine rings is 1. The molecule has 2 fully saturated rings. The zero-order valence-electron chi connectivity index (χ0n) is 21.1. The van der Waals surface area contributed by atoms with Crippen LogP contribution in [0.3, 0.4) is 0 Å². The van der Waals surface area contributed by atoms with Gasteiger partial charge in [0.15, 0.2) is 5.58 Å². The number of likely N-dealkylation sites (tertiary alicyclic amines) is 1. The number of benzene rings is 1. The Morgan fingerprint density at radius 3 is 2.61 bits per heavy atom. The first-order valence-corrected chi connectivity index (χ1v) is 13.3. The Bertz CT molecular complexity index is 1160. The zero-order valence-corrected chi connectivity index (χ0v) is 23.5. The van der Waals surface area contributed by atoms with Crippen molar-refractivity contribution in [3.05, 3.63) is 45.3 Å². The molecule has 0 radical (unpaired) electrons. The minimum absolute atomic E-state index is 0. The van der Waals surface area contributed by atoms with Crippen molar-refractivity contribution in [3.8, 4) is 11.8 Å². The van der Waals surface area contributed by atoms with Crippen LogP contribution in [0.4, 0.5) is 0 Å². The highest BCUT2D eigenvalue weighted by atomic mass is 35.5. The molecule has 0 atom stereocenters. The van der Waals surface area contributed by atoms with Crippen LogP contribution in [0.1, 0.15) is 53.8 Å². The molecule has 0 unspecified atom stereocenters. The average molecular weight is 552 g/mol. The summed E-state index contributed by atoms with van der Waals surface area (Å²) in [6.07, 6.45) is 7.11. The highest BCUT2D eigenvalue weighted by Crippen LogP contribution is 2.35. The summed E-state index contributed by atoms with van der Waals surface area (Å²) in [5.41, 5.74) is 3.86. The molecule has 36 heavy (non-hydrogen) atoms. The number of nitrogens with zero attached hydrogens (tertiary/aromatic N) is 4. The summed E-state index contributed by atoms with van der Waals surface area (Å²) < 4.78 is 12.1. The van der Waals surface area contributed by atoms with Crippen molar-refractivity contribution in [2.75, 3.05) is 33.8 Å². The number of thiophene rings is 1. The van der Waals surface area contributed by atoms with Gasteiger partial charge in [-0.2, -0.15) is 5.26 Å². The number of aryl methyl sites for hydroxylation is 1. The SMILES string of the molecule is CN(C)Cc1c(OCC2CC2)ccc2c(CCC3CCN(Cc4cc(C#N)cs4)CC3)noc12.Cl.Cl. The smallest absolute Gasteiger partial charge is 0.175 e. The lowest BCUT2D eigenvalue weighted by molar-refractivity contribution is 0.173. The lowest BCUT2D eigenvalue weighted by Crippen LogP contribution is -2.33. The molecule has 1 aliphatic heterocycles. The van der Waals surface area contributed by atoms with Crippen LogP contribution in [0.25, 0.3) is 11.0 Å². The van der Waals surface area contributed by atoms with Crippen LogP contribution in [0.5, 0.6) is 5.75 Å². The van der Waals surface area contributed by atoms with E-state index in [0.717, 1.165) is 91.0 Å². The van der Waals surface area contributed by atoms with E-state index in [1.54, 1.807) is 11.3 Å². The molecule has 1 saturated carbocycles. The highest BCUT2D eigenvalue weighted by Gasteiger charge is 2.25. The summed E-state index contributed by atoms with van der Waals surface area (Å²) in [6.45, 7) is 4.80. The van der Waals surface area contributed by atoms with Gasteiger partial charge in [-0.1, -0.05) is 5.16 Å². The van der Waals surface area contributed by atoms with E-state index < -0.39 is 0 Å². The first kappa shape index (κ1) is 28.7. The molecule has 5 rings (SSSR count). The third-order valence-electron chi connectivity index (χ3n) is 7.08. The number of nitriles is 1. The van der Waals surface area contributed by atoms with Crippen LogP contribution in [-0.2, 0) is 19.5 Å². The summed E-state index contributed by atoms with van der Waals surface area (Å²) in [5.74, 6) is 2.39. The summed E-state index contributed by atoms with van der Waals surface area (Å²) >= 11 is 1.70. The van der Waals surface area contributed by atoms with Gasteiger partial charge in [0, 0.05) is 28.7 Å². The molecule has 3 aromatic rings. The fourth-order valence-corrected chi connectivity index (χ4v) is 5.73. The summed E-state index contributed by atoms with van der Waals surface area (Å²) in [6, 6.07) is 8.52. The van der Waals surface area contributed by atoms with Crippen molar-refractivity contribution >= 4 is 47.1 Å². The number of hydrogen-bond donors (Lipinski definition) is 0. The van der Waals surface area contributed by atoms with Gasteiger partial charge in [0.05, 0.1) is 23.4 Å². The van der Waals surface area contributed by atoms with E-state index in [1.165, 1.54) is 30.6 Å². The van der Waals surface area contributed by atoms with Crippen LogP contribution in [-0.4, -0.2) is 48.7 Å². The van der Waals surface area contributed by atoms with Crippen LogP contribution in [0, 0.1) is 23.2 Å². The van der Waals surface area contributed by atoms with Crippen molar-refractivity contribution < 1.29 is 9.26 Å². The van der Waals surface area contributed by atoms with Gasteiger partial charge in [0.25, 0.3) is 0 Å². The molecule has 1 aliphatic carbocycles. The molecular formula is C27H36Cl2N4O2S. The minimum atomic E-state index is 0. The van der Waals surface area contributed by atoms with Crippen LogP contribution >= 0.6 is 36.2 Å². The Morgan fingerprint density at radius 2 is 1.94 bits per heavy atom. The summed E-state index contributed by atoms with van der Waals surface area (Å²) in [4.78, 5) is 5.97. The molecule has 196 valence electrons. The van der Waals surface area contributed by atoms with Gasteiger partial charge in [-0.05, 0) is 95.7 Å². The quantitative estimate of drug-likeness (QED) is 0.295. The molecule has 0 amide bonds. The van der Waals surface area contributed by atoms with E-state index in [-0.39, 0.29) is 24.8 Å². The van der Waals surface area contributed by atoms with Gasteiger partial charge in [-0.15, -0.1) is 36.2 Å². The number of rotatable bonds is 10. The van der Waals surface area contributed by atoms with E-state index in [4.69, 9.17) is 14.5 Å².